The van der Waals surface area contributed by atoms with Gasteiger partial charge in [0.25, 0.3) is 0 Å². The zero-order chi connectivity index (χ0) is 17.7. The van der Waals surface area contributed by atoms with Crippen LogP contribution in [0.3, 0.4) is 0 Å². The molecule has 0 bridgehead atoms. The van der Waals surface area contributed by atoms with Gasteiger partial charge in [0, 0.05) is 37.4 Å². The van der Waals surface area contributed by atoms with Crippen LogP contribution in [0.5, 0.6) is 0 Å². The fourth-order valence-corrected chi connectivity index (χ4v) is 5.79. The first kappa shape index (κ1) is 20.3. The molecule has 1 aromatic carbocycles. The molecule has 23 heavy (non-hydrogen) atoms. The highest BCUT2D eigenvalue weighted by molar-refractivity contribution is 7.42. The molecule has 0 atom stereocenters. The predicted molar refractivity (Wildman–Crippen MR) is 105 cm³/mol. The Morgan fingerprint density at radius 3 is 1.48 bits per heavy atom. The lowest BCUT2D eigenvalue weighted by atomic mass is 10.1. The minimum absolute atomic E-state index is 0.498. The van der Waals surface area contributed by atoms with Crippen molar-refractivity contribution < 1.29 is 0 Å². The van der Waals surface area contributed by atoms with Crippen molar-refractivity contribution in [3.8, 4) is 5.63 Å². The summed E-state index contributed by atoms with van der Waals surface area (Å²) < 4.78 is 5.25. The molecule has 0 spiro atoms. The molecule has 0 radical (unpaired) electrons. The number of hydrogen-bond acceptors (Lipinski definition) is 2. The lowest BCUT2D eigenvalue weighted by molar-refractivity contribution is 0.265. The smallest absolute Gasteiger partial charge is 0.0452 e. The van der Waals surface area contributed by atoms with Crippen LogP contribution in [-0.2, 0) is 0 Å². The zero-order valence-corrected chi connectivity index (χ0v) is 17.4. The van der Waals surface area contributed by atoms with E-state index in [-0.39, 0.29) is 0 Å². The maximum Gasteiger partial charge on any atom is 0.0452 e. The summed E-state index contributed by atoms with van der Waals surface area (Å²) in [5, 5.41) is 0. The second-order valence-electron chi connectivity index (χ2n) is 7.35. The first-order chi connectivity index (χ1) is 10.7. The second kappa shape index (κ2) is 8.90. The number of aryl methyl sites for hydroxylation is 1. The van der Waals surface area contributed by atoms with Crippen LogP contribution in [0.1, 0.15) is 66.5 Å². The molecule has 0 aliphatic rings. The van der Waals surface area contributed by atoms with Crippen molar-refractivity contribution in [2.24, 2.45) is 0 Å². The van der Waals surface area contributed by atoms with Gasteiger partial charge in [-0.2, -0.15) is 0 Å². The van der Waals surface area contributed by atoms with E-state index in [0.717, 1.165) is 0 Å². The number of nitrogens with zero attached hydrogens (tertiary/aromatic N) is 2. The zero-order valence-electron chi connectivity index (χ0n) is 16.5. The van der Waals surface area contributed by atoms with Crippen LogP contribution in [0.15, 0.2) is 24.3 Å². The maximum absolute atomic E-state index is 3.89. The summed E-state index contributed by atoms with van der Waals surface area (Å²) in [4.78, 5) is 0. The Labute approximate surface area is 145 Å². The van der Waals surface area contributed by atoms with E-state index >= 15 is 0 Å². The van der Waals surface area contributed by atoms with Gasteiger partial charge in [0.05, 0.1) is 0 Å². The summed E-state index contributed by atoms with van der Waals surface area (Å²) in [6, 6.07) is 10.6. The average molecular weight is 334 g/mol. The average Bonchev–Trinajstić information content (AvgIpc) is 2.39. The molecule has 0 unspecified atom stereocenters. The third-order valence-corrected chi connectivity index (χ3v) is 7.08. The summed E-state index contributed by atoms with van der Waals surface area (Å²) >= 11 is 0. The first-order valence-corrected chi connectivity index (χ1v) is 10.1. The Hall–Kier alpha value is -0.780. The molecule has 0 aromatic heterocycles. The van der Waals surface area contributed by atoms with Gasteiger partial charge in [0.15, 0.2) is 0 Å². The molecular weight excluding hydrogens is 299 g/mol. The van der Waals surface area contributed by atoms with Gasteiger partial charge in [0.1, 0.15) is 0 Å². The molecule has 2 nitrogen and oxygen atoms in total. The molecule has 130 valence electrons. The lowest BCUT2D eigenvalue weighted by Gasteiger charge is -2.40. The maximum atomic E-state index is 3.89. The van der Waals surface area contributed by atoms with Crippen molar-refractivity contribution in [2.45, 2.75) is 86.5 Å². The third kappa shape index (κ3) is 5.37. The summed E-state index contributed by atoms with van der Waals surface area (Å²) in [6.07, 6.45) is 0. The molecule has 0 aliphatic carbocycles. The molecular formula is C20H35N2P. The third-order valence-electron chi connectivity index (χ3n) is 3.92. The van der Waals surface area contributed by atoms with E-state index in [1.165, 1.54) is 11.1 Å². The van der Waals surface area contributed by atoms with Crippen LogP contribution >= 0.6 is 7.68 Å². The fraction of sp³-hybridized carbons (Fsp3) is 0.650. The summed E-state index contributed by atoms with van der Waals surface area (Å²) in [5.41, 5.74) is 6.44. The lowest BCUT2D eigenvalue weighted by Crippen LogP contribution is -2.39. The van der Waals surface area contributed by atoms with Gasteiger partial charge in [-0.3, -0.25) is 0 Å². The van der Waals surface area contributed by atoms with Crippen LogP contribution in [0.2, 0.25) is 0 Å². The van der Waals surface area contributed by atoms with E-state index in [0.29, 0.717) is 24.2 Å². The summed E-state index contributed by atoms with van der Waals surface area (Å²) in [7, 11) is -0.621. The molecule has 0 saturated heterocycles. The van der Waals surface area contributed by atoms with Gasteiger partial charge < -0.3 is 0 Å². The minimum atomic E-state index is -0.621. The number of hydrogen-bond donors (Lipinski definition) is 0. The van der Waals surface area contributed by atoms with Crippen molar-refractivity contribution in [3.63, 3.8) is 0 Å². The normalized spacial score (nSPS) is 12.1. The largest absolute Gasteiger partial charge is 0.241 e. The molecule has 0 amide bonds. The van der Waals surface area contributed by atoms with Gasteiger partial charge >= 0.3 is 0 Å². The van der Waals surface area contributed by atoms with Crippen molar-refractivity contribution in [2.75, 3.05) is 0 Å². The first-order valence-electron chi connectivity index (χ1n) is 8.85. The predicted octanol–water partition coefficient (Wildman–Crippen LogP) is 5.85. The Kier molecular flexibility index (Phi) is 7.84. The van der Waals surface area contributed by atoms with Crippen molar-refractivity contribution in [1.82, 2.24) is 9.34 Å². The van der Waals surface area contributed by atoms with Crippen LogP contribution < -0.4 is 0 Å². The van der Waals surface area contributed by atoms with Gasteiger partial charge in [-0.25, -0.2) is 9.34 Å². The molecule has 0 aliphatic heterocycles. The fourth-order valence-electron chi connectivity index (χ4n) is 3.11. The molecule has 0 fully saturated rings. The Balaban J connectivity index is 3.59. The topological polar surface area (TPSA) is 6.48 Å². The molecule has 1 aromatic rings. The van der Waals surface area contributed by atoms with Crippen LogP contribution in [0.25, 0.3) is 0 Å². The molecule has 0 saturated carbocycles. The standard InChI is InChI=1S/C20H35N2P/c1-15(2)21(16(3)4)23(22(17(5)6)18(7)8)14-20-13-11-10-12-19(20)9/h10-13,15-18H,1-9H3. The van der Waals surface area contributed by atoms with Gasteiger partial charge in [0.2, 0.25) is 0 Å². The SMILES string of the molecule is Cc1ccccc1C#P(N(C(C)C)C(C)C)N(C(C)C)C(C)C. The highest BCUT2D eigenvalue weighted by Crippen LogP contribution is 2.39. The van der Waals surface area contributed by atoms with Crippen LogP contribution in [0.4, 0.5) is 0 Å². The van der Waals surface area contributed by atoms with E-state index in [1.807, 2.05) is 0 Å². The Morgan fingerprint density at radius 2 is 1.13 bits per heavy atom. The van der Waals surface area contributed by atoms with Crippen molar-refractivity contribution in [3.05, 3.63) is 35.4 Å². The highest BCUT2D eigenvalue weighted by atomic mass is 31.1. The number of benzene rings is 1. The van der Waals surface area contributed by atoms with Gasteiger partial charge in [-0.1, -0.05) is 23.8 Å². The van der Waals surface area contributed by atoms with Crippen molar-refractivity contribution in [1.29, 1.82) is 0 Å². The van der Waals surface area contributed by atoms with Crippen LogP contribution in [0, 0.1) is 12.6 Å². The van der Waals surface area contributed by atoms with E-state index in [9.17, 15) is 0 Å². The van der Waals surface area contributed by atoms with E-state index in [4.69, 9.17) is 0 Å². The summed E-state index contributed by atoms with van der Waals surface area (Å²) in [5.74, 6) is 0. The monoisotopic (exact) mass is 334 g/mol. The highest BCUT2D eigenvalue weighted by Gasteiger charge is 2.25. The summed E-state index contributed by atoms with van der Waals surface area (Å²) in [6.45, 7) is 20.6. The minimum Gasteiger partial charge on any atom is -0.241 e. The van der Waals surface area contributed by atoms with E-state index < -0.39 is 7.68 Å². The quantitative estimate of drug-likeness (QED) is 0.637. The number of rotatable bonds is 4. The van der Waals surface area contributed by atoms with Crippen molar-refractivity contribution >= 4 is 7.68 Å². The van der Waals surface area contributed by atoms with Gasteiger partial charge in [-0.15, -0.1) is 0 Å². The van der Waals surface area contributed by atoms with E-state index in [1.54, 1.807) is 0 Å². The molecule has 3 heteroatoms. The second-order valence-corrected chi connectivity index (χ2v) is 9.08. The van der Waals surface area contributed by atoms with Crippen LogP contribution in [-0.4, -0.2) is 33.5 Å². The Morgan fingerprint density at radius 1 is 0.739 bits per heavy atom. The van der Waals surface area contributed by atoms with Gasteiger partial charge in [-0.05, 0) is 73.9 Å². The Bertz CT molecular complexity index is 536. The van der Waals surface area contributed by atoms with E-state index in [2.05, 4.69) is 102 Å². The molecule has 0 heterocycles. The molecule has 0 N–H and O–H groups in total. The molecule has 1 rings (SSSR count).